The Labute approximate surface area is 55.1 Å². The minimum absolute atomic E-state index is 0.934. The van der Waals surface area contributed by atoms with Gasteiger partial charge in [-0.1, -0.05) is 18.2 Å². The molecule has 46 valence electrons. The van der Waals surface area contributed by atoms with Crippen molar-refractivity contribution in [1.82, 2.24) is 0 Å². The Morgan fingerprint density at radius 2 is 2.33 bits per heavy atom. The van der Waals surface area contributed by atoms with E-state index in [1.165, 1.54) is 0 Å². The van der Waals surface area contributed by atoms with Gasteiger partial charge in [-0.15, -0.1) is 0 Å². The molecular weight excluding hydrogens is 110 g/mol. The Bertz CT molecular complexity index is 185. The molecule has 0 N–H and O–H groups in total. The zero-order chi connectivity index (χ0) is 6.53. The van der Waals surface area contributed by atoms with E-state index in [-0.39, 0.29) is 0 Å². The number of allylic oxidation sites excluding steroid dienone is 5. The standard InChI is InChI=1S/C8H9N/c1-9-8-6-4-2-3-5-7-8/h2,4-7H,1,3H2. The number of nitrogens with zero attached hydrogens (tertiary/aromatic N) is 1. The van der Waals surface area contributed by atoms with Gasteiger partial charge in [0, 0.05) is 0 Å². The molecule has 0 amide bonds. The largest absolute Gasteiger partial charge is 0.265 e. The van der Waals surface area contributed by atoms with E-state index in [0.29, 0.717) is 0 Å². The first-order valence-electron chi connectivity index (χ1n) is 2.93. The highest BCUT2D eigenvalue weighted by atomic mass is 14.7. The molecule has 0 heterocycles. The van der Waals surface area contributed by atoms with Gasteiger partial charge in [0.05, 0.1) is 5.70 Å². The van der Waals surface area contributed by atoms with Gasteiger partial charge in [0.2, 0.25) is 0 Å². The molecule has 0 spiro atoms. The summed E-state index contributed by atoms with van der Waals surface area (Å²) < 4.78 is 0. The van der Waals surface area contributed by atoms with Crippen LogP contribution in [0.5, 0.6) is 0 Å². The van der Waals surface area contributed by atoms with Crippen LogP contribution in [0.3, 0.4) is 0 Å². The summed E-state index contributed by atoms with van der Waals surface area (Å²) in [7, 11) is 0. The van der Waals surface area contributed by atoms with E-state index < -0.39 is 0 Å². The number of hydrogen-bond acceptors (Lipinski definition) is 1. The molecule has 1 aliphatic carbocycles. The first-order chi connectivity index (χ1) is 4.43. The molecular formula is C8H9N. The molecule has 1 heteroatoms. The van der Waals surface area contributed by atoms with Gasteiger partial charge < -0.3 is 0 Å². The quantitative estimate of drug-likeness (QED) is 0.469. The van der Waals surface area contributed by atoms with Crippen LogP contribution < -0.4 is 0 Å². The van der Waals surface area contributed by atoms with Crippen molar-refractivity contribution in [3.63, 3.8) is 0 Å². The lowest BCUT2D eigenvalue weighted by molar-refractivity contribution is 1.38. The van der Waals surface area contributed by atoms with E-state index in [2.05, 4.69) is 23.9 Å². The second-order valence-electron chi connectivity index (χ2n) is 1.82. The molecule has 0 aromatic rings. The van der Waals surface area contributed by atoms with Crippen molar-refractivity contribution >= 4 is 6.72 Å². The van der Waals surface area contributed by atoms with Crippen molar-refractivity contribution in [1.29, 1.82) is 0 Å². The lowest BCUT2D eigenvalue weighted by Gasteiger charge is -1.84. The van der Waals surface area contributed by atoms with Gasteiger partial charge in [-0.25, -0.2) is 0 Å². The summed E-state index contributed by atoms with van der Waals surface area (Å²) in [5.41, 5.74) is 0.934. The minimum atomic E-state index is 0.934. The maximum absolute atomic E-state index is 3.78. The maximum Gasteiger partial charge on any atom is 0.0619 e. The zero-order valence-electron chi connectivity index (χ0n) is 5.25. The first kappa shape index (κ1) is 6.02. The highest BCUT2D eigenvalue weighted by molar-refractivity contribution is 5.36. The van der Waals surface area contributed by atoms with Gasteiger partial charge in [0.25, 0.3) is 0 Å². The van der Waals surface area contributed by atoms with Gasteiger partial charge in [-0.2, -0.15) is 0 Å². The SMILES string of the molecule is C=NC1=CC=CCC=C1. The average Bonchev–Trinajstić information content (AvgIpc) is 2.13. The smallest absolute Gasteiger partial charge is 0.0619 e. The summed E-state index contributed by atoms with van der Waals surface area (Å²) in [6.07, 6.45) is 11.0. The molecule has 0 radical (unpaired) electrons. The molecule has 1 nitrogen and oxygen atoms in total. The number of hydrogen-bond donors (Lipinski definition) is 0. The fourth-order valence-corrected chi connectivity index (χ4v) is 0.674. The minimum Gasteiger partial charge on any atom is -0.265 e. The van der Waals surface area contributed by atoms with Crippen LogP contribution in [0, 0.1) is 0 Å². The van der Waals surface area contributed by atoms with E-state index in [0.717, 1.165) is 12.1 Å². The zero-order valence-corrected chi connectivity index (χ0v) is 5.25. The van der Waals surface area contributed by atoms with E-state index in [4.69, 9.17) is 0 Å². The first-order valence-corrected chi connectivity index (χ1v) is 2.93. The molecule has 0 saturated heterocycles. The van der Waals surface area contributed by atoms with Gasteiger partial charge in [0.1, 0.15) is 0 Å². The Kier molecular flexibility index (Phi) is 2.02. The van der Waals surface area contributed by atoms with Crippen LogP contribution in [0.4, 0.5) is 0 Å². The highest BCUT2D eigenvalue weighted by Crippen LogP contribution is 2.03. The Balaban J connectivity index is 2.78. The van der Waals surface area contributed by atoms with Gasteiger partial charge in [-0.05, 0) is 25.3 Å². The maximum atomic E-state index is 3.78. The molecule has 0 aromatic heterocycles. The van der Waals surface area contributed by atoms with Crippen molar-refractivity contribution in [2.75, 3.05) is 0 Å². The van der Waals surface area contributed by atoms with Crippen LogP contribution in [0.2, 0.25) is 0 Å². The molecule has 0 aromatic carbocycles. The lowest BCUT2D eigenvalue weighted by Crippen LogP contribution is -1.64. The predicted molar refractivity (Wildman–Crippen MR) is 40.5 cm³/mol. The highest BCUT2D eigenvalue weighted by Gasteiger charge is 1.84. The number of rotatable bonds is 1. The molecule has 0 unspecified atom stereocenters. The molecule has 1 rings (SSSR count). The van der Waals surface area contributed by atoms with E-state index in [1.807, 2.05) is 18.2 Å². The molecule has 0 saturated carbocycles. The van der Waals surface area contributed by atoms with E-state index >= 15 is 0 Å². The normalized spacial score (nSPS) is 16.7. The second-order valence-corrected chi connectivity index (χ2v) is 1.82. The fraction of sp³-hybridized carbons (Fsp3) is 0.125. The second kappa shape index (κ2) is 3.02. The summed E-state index contributed by atoms with van der Waals surface area (Å²) in [5.74, 6) is 0. The van der Waals surface area contributed by atoms with Crippen LogP contribution in [0.1, 0.15) is 6.42 Å². The van der Waals surface area contributed by atoms with Crippen LogP contribution in [0.15, 0.2) is 41.1 Å². The van der Waals surface area contributed by atoms with Crippen molar-refractivity contribution in [3.8, 4) is 0 Å². The Morgan fingerprint density at radius 3 is 3.11 bits per heavy atom. The summed E-state index contributed by atoms with van der Waals surface area (Å²) in [6.45, 7) is 3.42. The summed E-state index contributed by atoms with van der Waals surface area (Å²) >= 11 is 0. The summed E-state index contributed by atoms with van der Waals surface area (Å²) in [5, 5.41) is 0. The van der Waals surface area contributed by atoms with E-state index in [1.54, 1.807) is 0 Å². The molecule has 0 atom stereocenters. The molecule has 0 fully saturated rings. The van der Waals surface area contributed by atoms with E-state index in [9.17, 15) is 0 Å². The molecule has 9 heavy (non-hydrogen) atoms. The average molecular weight is 119 g/mol. The summed E-state index contributed by atoms with van der Waals surface area (Å²) in [4.78, 5) is 3.78. The topological polar surface area (TPSA) is 12.4 Å². The van der Waals surface area contributed by atoms with Crippen molar-refractivity contribution in [2.24, 2.45) is 4.99 Å². The van der Waals surface area contributed by atoms with Gasteiger partial charge in [-0.3, -0.25) is 4.99 Å². The van der Waals surface area contributed by atoms with Gasteiger partial charge >= 0.3 is 0 Å². The van der Waals surface area contributed by atoms with Crippen LogP contribution in [-0.4, -0.2) is 6.72 Å². The van der Waals surface area contributed by atoms with Gasteiger partial charge in [0.15, 0.2) is 0 Å². The third-order valence-electron chi connectivity index (χ3n) is 1.15. The Morgan fingerprint density at radius 1 is 1.44 bits per heavy atom. The third-order valence-corrected chi connectivity index (χ3v) is 1.15. The van der Waals surface area contributed by atoms with Crippen molar-refractivity contribution in [3.05, 3.63) is 36.1 Å². The number of aliphatic imine (C=N–C) groups is 1. The fourth-order valence-electron chi connectivity index (χ4n) is 0.674. The van der Waals surface area contributed by atoms with Crippen molar-refractivity contribution in [2.45, 2.75) is 6.42 Å². The lowest BCUT2D eigenvalue weighted by atomic mass is 10.4. The Hall–Kier alpha value is -1.11. The molecule has 0 bridgehead atoms. The predicted octanol–water partition coefficient (Wildman–Crippen LogP) is 2.09. The van der Waals surface area contributed by atoms with Crippen LogP contribution in [0.25, 0.3) is 0 Å². The van der Waals surface area contributed by atoms with Crippen LogP contribution >= 0.6 is 0 Å². The molecule has 1 aliphatic rings. The van der Waals surface area contributed by atoms with Crippen molar-refractivity contribution < 1.29 is 0 Å². The monoisotopic (exact) mass is 119 g/mol. The third kappa shape index (κ3) is 1.68. The van der Waals surface area contributed by atoms with Crippen LogP contribution in [-0.2, 0) is 0 Å². The molecule has 0 aliphatic heterocycles. The summed E-state index contributed by atoms with van der Waals surface area (Å²) in [6, 6.07) is 0.